The summed E-state index contributed by atoms with van der Waals surface area (Å²) in [4.78, 5) is 45.5. The van der Waals surface area contributed by atoms with Gasteiger partial charge in [-0.1, -0.05) is 30.3 Å². The number of hydrogen-bond acceptors (Lipinski definition) is 6. The standard InChI is InChI=1S/C23H20N4O4S/c1-23(18-11-14-7-3-5-9-16(14)31-18)21(29)27(22(30)25-23)13-20(28)26(2)12-19-24-15-8-4-6-10-17(15)32-19/h3-11H,12-13H2,1-2H3,(H,25,30)/t23-/m1/s1. The average molecular weight is 449 g/mol. The van der Waals surface area contributed by atoms with E-state index in [2.05, 4.69) is 10.3 Å². The lowest BCUT2D eigenvalue weighted by Gasteiger charge is -2.21. The van der Waals surface area contributed by atoms with Gasteiger partial charge in [-0.2, -0.15) is 0 Å². The summed E-state index contributed by atoms with van der Waals surface area (Å²) in [5.41, 5.74) is 0.127. The van der Waals surface area contributed by atoms with E-state index in [0.717, 1.165) is 25.5 Å². The number of aromatic nitrogens is 1. The van der Waals surface area contributed by atoms with Crippen LogP contribution in [0, 0.1) is 0 Å². The minimum atomic E-state index is -1.37. The number of hydrogen-bond donors (Lipinski definition) is 1. The minimum Gasteiger partial charge on any atom is -0.458 e. The summed E-state index contributed by atoms with van der Waals surface area (Å²) in [6, 6.07) is 16.2. The summed E-state index contributed by atoms with van der Waals surface area (Å²) in [6.07, 6.45) is 0. The van der Waals surface area contributed by atoms with Crippen LogP contribution in [0.4, 0.5) is 4.79 Å². The van der Waals surface area contributed by atoms with E-state index in [1.165, 1.54) is 16.2 Å². The highest BCUT2D eigenvalue weighted by Crippen LogP contribution is 2.33. The highest BCUT2D eigenvalue weighted by Gasteiger charge is 2.51. The van der Waals surface area contributed by atoms with Crippen molar-refractivity contribution in [2.75, 3.05) is 13.6 Å². The SMILES string of the molecule is CN(Cc1nc2ccccc2s1)C(=O)CN1C(=O)N[C@](C)(c2cc3ccccc3o2)C1=O. The second-order valence-corrected chi connectivity index (χ2v) is 9.04. The highest BCUT2D eigenvalue weighted by atomic mass is 32.1. The van der Waals surface area contributed by atoms with E-state index >= 15 is 0 Å². The molecule has 2 aromatic carbocycles. The third-order valence-corrected chi connectivity index (χ3v) is 6.64. The first kappa shape index (κ1) is 20.2. The van der Waals surface area contributed by atoms with Crippen LogP contribution in [0.5, 0.6) is 0 Å². The van der Waals surface area contributed by atoms with Crippen molar-refractivity contribution in [3.05, 3.63) is 65.4 Å². The van der Waals surface area contributed by atoms with Crippen LogP contribution < -0.4 is 5.32 Å². The second kappa shape index (κ2) is 7.45. The van der Waals surface area contributed by atoms with Gasteiger partial charge in [-0.25, -0.2) is 9.78 Å². The number of nitrogens with one attached hydrogen (secondary N) is 1. The fourth-order valence-corrected chi connectivity index (χ4v) is 4.79. The first-order valence-corrected chi connectivity index (χ1v) is 10.9. The predicted octanol–water partition coefficient (Wildman–Crippen LogP) is 3.47. The zero-order valence-electron chi connectivity index (χ0n) is 17.5. The van der Waals surface area contributed by atoms with Gasteiger partial charge in [0.2, 0.25) is 5.91 Å². The summed E-state index contributed by atoms with van der Waals surface area (Å²) >= 11 is 1.51. The molecule has 0 radical (unpaired) electrons. The maximum Gasteiger partial charge on any atom is 0.325 e. The molecule has 1 aliphatic rings. The maximum absolute atomic E-state index is 13.2. The van der Waals surface area contributed by atoms with Crippen molar-refractivity contribution < 1.29 is 18.8 Å². The second-order valence-electron chi connectivity index (χ2n) is 7.92. The molecule has 0 saturated carbocycles. The monoisotopic (exact) mass is 448 g/mol. The third-order valence-electron chi connectivity index (χ3n) is 5.62. The zero-order chi connectivity index (χ0) is 22.5. The number of nitrogens with zero attached hydrogens (tertiary/aromatic N) is 3. The van der Waals surface area contributed by atoms with Gasteiger partial charge in [0.1, 0.15) is 22.9 Å². The fraction of sp³-hybridized carbons (Fsp3) is 0.217. The Labute approximate surface area is 187 Å². The van der Waals surface area contributed by atoms with Crippen molar-refractivity contribution in [3.8, 4) is 0 Å². The quantitative estimate of drug-likeness (QED) is 0.472. The van der Waals surface area contributed by atoms with Gasteiger partial charge in [0, 0.05) is 12.4 Å². The van der Waals surface area contributed by atoms with Crippen molar-refractivity contribution in [2.45, 2.75) is 19.0 Å². The number of likely N-dealkylation sites (N-methyl/N-ethyl adjacent to an activating group) is 1. The smallest absolute Gasteiger partial charge is 0.325 e. The molecule has 1 atom stereocenters. The Morgan fingerprint density at radius 1 is 1.19 bits per heavy atom. The van der Waals surface area contributed by atoms with E-state index in [0.29, 0.717) is 17.9 Å². The van der Waals surface area contributed by atoms with Gasteiger partial charge in [-0.15, -0.1) is 11.3 Å². The summed E-state index contributed by atoms with van der Waals surface area (Å²) in [6.45, 7) is 1.52. The van der Waals surface area contributed by atoms with Crippen LogP contribution in [0.3, 0.4) is 0 Å². The number of carbonyl (C=O) groups excluding carboxylic acids is 3. The number of fused-ring (bicyclic) bond motifs is 2. The molecular weight excluding hydrogens is 428 g/mol. The number of carbonyl (C=O) groups is 3. The molecule has 1 saturated heterocycles. The third kappa shape index (κ3) is 3.31. The average Bonchev–Trinajstić information content (AvgIpc) is 3.45. The number of thiazole rings is 1. The summed E-state index contributed by atoms with van der Waals surface area (Å²) in [7, 11) is 1.63. The van der Waals surface area contributed by atoms with Crippen LogP contribution in [0.25, 0.3) is 21.2 Å². The van der Waals surface area contributed by atoms with Crippen molar-refractivity contribution in [1.29, 1.82) is 0 Å². The van der Waals surface area contributed by atoms with Gasteiger partial charge in [-0.05, 0) is 31.2 Å². The van der Waals surface area contributed by atoms with E-state index in [9.17, 15) is 14.4 Å². The fourth-order valence-electron chi connectivity index (χ4n) is 3.77. The van der Waals surface area contributed by atoms with E-state index < -0.39 is 17.5 Å². The molecule has 2 aromatic heterocycles. The van der Waals surface area contributed by atoms with E-state index in [1.807, 2.05) is 42.5 Å². The number of rotatable bonds is 5. The van der Waals surface area contributed by atoms with Crippen molar-refractivity contribution in [1.82, 2.24) is 20.1 Å². The molecule has 4 amide bonds. The number of benzene rings is 2. The van der Waals surface area contributed by atoms with Gasteiger partial charge in [0.15, 0.2) is 5.54 Å². The maximum atomic E-state index is 13.2. The first-order valence-electron chi connectivity index (χ1n) is 10.1. The lowest BCUT2D eigenvalue weighted by Crippen LogP contribution is -2.43. The molecule has 0 spiro atoms. The molecule has 0 unspecified atom stereocenters. The summed E-state index contributed by atoms with van der Waals surface area (Å²) in [5, 5.41) is 4.29. The predicted molar refractivity (Wildman–Crippen MR) is 120 cm³/mol. The van der Waals surface area contributed by atoms with Crippen molar-refractivity contribution in [2.24, 2.45) is 0 Å². The highest BCUT2D eigenvalue weighted by molar-refractivity contribution is 7.18. The number of amides is 4. The van der Waals surface area contributed by atoms with Crippen LogP contribution >= 0.6 is 11.3 Å². The van der Waals surface area contributed by atoms with Crippen LogP contribution in [0.2, 0.25) is 0 Å². The van der Waals surface area contributed by atoms with Gasteiger partial charge in [-0.3, -0.25) is 14.5 Å². The minimum absolute atomic E-state index is 0.294. The lowest BCUT2D eigenvalue weighted by molar-refractivity contribution is -0.138. The number of imide groups is 1. The molecule has 4 aromatic rings. The molecule has 0 bridgehead atoms. The molecule has 1 aliphatic heterocycles. The van der Waals surface area contributed by atoms with Crippen molar-refractivity contribution in [3.63, 3.8) is 0 Å². The number of para-hydroxylation sites is 2. The zero-order valence-corrected chi connectivity index (χ0v) is 18.3. The van der Waals surface area contributed by atoms with Gasteiger partial charge in [0.05, 0.1) is 16.8 Å². The molecule has 1 N–H and O–H groups in total. The lowest BCUT2D eigenvalue weighted by atomic mass is 9.99. The summed E-state index contributed by atoms with van der Waals surface area (Å²) < 4.78 is 6.86. The Hall–Kier alpha value is -3.72. The van der Waals surface area contributed by atoms with E-state index in [1.54, 1.807) is 26.1 Å². The molecule has 1 fully saturated rings. The Balaban J connectivity index is 1.31. The van der Waals surface area contributed by atoms with E-state index in [-0.39, 0.29) is 12.5 Å². The molecule has 9 heteroatoms. The molecule has 8 nitrogen and oxygen atoms in total. The van der Waals surface area contributed by atoms with Gasteiger partial charge in [0.25, 0.3) is 5.91 Å². The number of furan rings is 1. The Morgan fingerprint density at radius 2 is 1.94 bits per heavy atom. The largest absolute Gasteiger partial charge is 0.458 e. The molecule has 5 rings (SSSR count). The van der Waals surface area contributed by atoms with Gasteiger partial charge >= 0.3 is 6.03 Å². The first-order chi connectivity index (χ1) is 15.3. The molecule has 162 valence electrons. The molecular formula is C23H20N4O4S. The molecule has 3 heterocycles. The summed E-state index contributed by atoms with van der Waals surface area (Å²) in [5.74, 6) is -0.556. The van der Waals surface area contributed by atoms with Crippen LogP contribution in [-0.2, 0) is 21.7 Å². The van der Waals surface area contributed by atoms with Crippen LogP contribution in [0.15, 0.2) is 59.0 Å². The molecule has 32 heavy (non-hydrogen) atoms. The van der Waals surface area contributed by atoms with E-state index in [4.69, 9.17) is 4.42 Å². The van der Waals surface area contributed by atoms with Gasteiger partial charge < -0.3 is 14.6 Å². The Morgan fingerprint density at radius 3 is 2.72 bits per heavy atom. The molecule has 0 aliphatic carbocycles. The number of urea groups is 1. The van der Waals surface area contributed by atoms with Crippen molar-refractivity contribution >= 4 is 50.4 Å². The topological polar surface area (TPSA) is 95.8 Å². The normalized spacial score (nSPS) is 18.5. The van der Waals surface area contributed by atoms with Crippen LogP contribution in [-0.4, -0.2) is 46.2 Å². The van der Waals surface area contributed by atoms with Crippen LogP contribution in [0.1, 0.15) is 17.7 Å². The Bertz CT molecular complexity index is 1310. The Kier molecular flexibility index (Phi) is 4.70.